The molecule has 3 rings (SSSR count). The Hall–Kier alpha value is -2.00. The number of hydrogen-bond donors (Lipinski definition) is 1. The molecule has 1 N–H and O–H groups in total. The molecule has 0 unspecified atom stereocenters. The van der Waals surface area contributed by atoms with Crippen LogP contribution in [0, 0.1) is 0 Å². The summed E-state index contributed by atoms with van der Waals surface area (Å²) in [4.78, 5) is 7.15. The zero-order valence-corrected chi connectivity index (χ0v) is 14.0. The lowest BCUT2D eigenvalue weighted by atomic mass is 10.2. The molecule has 2 aromatic carbocycles. The van der Waals surface area contributed by atoms with Crippen LogP contribution in [0.4, 0.5) is 5.69 Å². The maximum Gasteiger partial charge on any atom is 0.198 e. The van der Waals surface area contributed by atoms with Gasteiger partial charge in [-0.3, -0.25) is 4.99 Å². The molecule has 2 aromatic rings. The topological polar surface area (TPSA) is 27.6 Å². The fourth-order valence-corrected chi connectivity index (χ4v) is 2.87. The lowest BCUT2D eigenvalue weighted by Crippen LogP contribution is -2.34. The largest absolute Gasteiger partial charge is 0.343 e. The Morgan fingerprint density at radius 1 is 1.00 bits per heavy atom. The van der Waals surface area contributed by atoms with E-state index in [-0.39, 0.29) is 0 Å². The summed E-state index contributed by atoms with van der Waals surface area (Å²) in [5.74, 6) is 0.973. The summed E-state index contributed by atoms with van der Waals surface area (Å²) in [6, 6.07) is 18.3. The summed E-state index contributed by atoms with van der Waals surface area (Å²) in [5, 5.41) is 4.20. The smallest absolute Gasteiger partial charge is 0.198 e. The zero-order chi connectivity index (χ0) is 15.9. The highest BCUT2D eigenvalue weighted by Crippen LogP contribution is 2.16. The first-order valence-electron chi connectivity index (χ1n) is 8.17. The van der Waals surface area contributed by atoms with Crippen LogP contribution in [-0.4, -0.2) is 30.5 Å². The van der Waals surface area contributed by atoms with Gasteiger partial charge in [-0.15, -0.1) is 0 Å². The molecule has 120 valence electrons. The number of benzene rings is 2. The van der Waals surface area contributed by atoms with Gasteiger partial charge in [0.15, 0.2) is 5.96 Å². The van der Waals surface area contributed by atoms with Crippen molar-refractivity contribution >= 4 is 23.2 Å². The highest BCUT2D eigenvalue weighted by atomic mass is 35.5. The number of aliphatic imine (C=N–C) groups is 1. The SMILES string of the molecule is Clc1ccc(NC(=NCCc2ccccc2)N2CCCC2)cc1. The van der Waals surface area contributed by atoms with Gasteiger partial charge < -0.3 is 10.2 Å². The van der Waals surface area contributed by atoms with Crippen LogP contribution in [0.25, 0.3) is 0 Å². The third-order valence-corrected chi connectivity index (χ3v) is 4.26. The minimum atomic E-state index is 0.749. The van der Waals surface area contributed by atoms with Crippen molar-refractivity contribution in [3.05, 3.63) is 65.2 Å². The van der Waals surface area contributed by atoms with Gasteiger partial charge in [-0.1, -0.05) is 41.9 Å². The molecule has 1 aliphatic heterocycles. The predicted molar refractivity (Wildman–Crippen MR) is 98.3 cm³/mol. The van der Waals surface area contributed by atoms with Gasteiger partial charge in [0.05, 0.1) is 0 Å². The minimum absolute atomic E-state index is 0.749. The highest BCUT2D eigenvalue weighted by Gasteiger charge is 2.16. The number of nitrogens with zero attached hydrogens (tertiary/aromatic N) is 2. The average Bonchev–Trinajstić information content (AvgIpc) is 3.11. The van der Waals surface area contributed by atoms with Crippen LogP contribution in [0.15, 0.2) is 59.6 Å². The van der Waals surface area contributed by atoms with Crippen LogP contribution in [0.1, 0.15) is 18.4 Å². The highest BCUT2D eigenvalue weighted by molar-refractivity contribution is 6.30. The van der Waals surface area contributed by atoms with Crippen molar-refractivity contribution < 1.29 is 0 Å². The van der Waals surface area contributed by atoms with E-state index < -0.39 is 0 Å². The number of guanidine groups is 1. The molecule has 4 heteroatoms. The molecule has 0 saturated carbocycles. The summed E-state index contributed by atoms with van der Waals surface area (Å²) in [7, 11) is 0. The van der Waals surface area contributed by atoms with Gasteiger partial charge in [-0.2, -0.15) is 0 Å². The van der Waals surface area contributed by atoms with E-state index in [9.17, 15) is 0 Å². The Labute approximate surface area is 143 Å². The van der Waals surface area contributed by atoms with Crippen molar-refractivity contribution in [2.75, 3.05) is 25.0 Å². The van der Waals surface area contributed by atoms with Crippen LogP contribution in [-0.2, 0) is 6.42 Å². The molecule has 0 amide bonds. The quantitative estimate of drug-likeness (QED) is 0.663. The van der Waals surface area contributed by atoms with E-state index in [1.54, 1.807) is 0 Å². The first kappa shape index (κ1) is 15.9. The summed E-state index contributed by atoms with van der Waals surface area (Å²) in [6.45, 7) is 2.94. The predicted octanol–water partition coefficient (Wildman–Crippen LogP) is 4.45. The van der Waals surface area contributed by atoms with Gasteiger partial charge in [-0.25, -0.2) is 0 Å². The molecular weight excluding hydrogens is 306 g/mol. The average molecular weight is 328 g/mol. The molecular formula is C19H22ClN3. The molecule has 0 bridgehead atoms. The summed E-state index contributed by atoms with van der Waals surface area (Å²) < 4.78 is 0. The first-order chi connectivity index (χ1) is 11.3. The van der Waals surface area contributed by atoms with Crippen LogP contribution in [0.3, 0.4) is 0 Å². The Morgan fingerprint density at radius 3 is 2.39 bits per heavy atom. The molecule has 0 spiro atoms. The monoisotopic (exact) mass is 327 g/mol. The normalized spacial score (nSPS) is 15.0. The number of rotatable bonds is 4. The molecule has 0 atom stereocenters. The fourth-order valence-electron chi connectivity index (χ4n) is 2.75. The molecule has 1 saturated heterocycles. The summed E-state index contributed by atoms with van der Waals surface area (Å²) >= 11 is 5.96. The molecule has 1 aliphatic rings. The Bertz CT molecular complexity index is 631. The fraction of sp³-hybridized carbons (Fsp3) is 0.316. The lowest BCUT2D eigenvalue weighted by Gasteiger charge is -2.21. The second kappa shape index (κ2) is 8.02. The molecule has 1 fully saturated rings. The number of likely N-dealkylation sites (tertiary alicyclic amines) is 1. The van der Waals surface area contributed by atoms with E-state index in [1.165, 1.54) is 18.4 Å². The summed E-state index contributed by atoms with van der Waals surface area (Å²) in [5.41, 5.74) is 2.35. The second-order valence-corrected chi connectivity index (χ2v) is 6.20. The molecule has 0 aliphatic carbocycles. The van der Waals surface area contributed by atoms with Gasteiger partial charge >= 0.3 is 0 Å². The van der Waals surface area contributed by atoms with Crippen LogP contribution in [0.2, 0.25) is 5.02 Å². The second-order valence-electron chi connectivity index (χ2n) is 5.77. The van der Waals surface area contributed by atoms with Gasteiger partial charge in [0.25, 0.3) is 0 Å². The van der Waals surface area contributed by atoms with Crippen LogP contribution < -0.4 is 5.32 Å². The molecule has 1 heterocycles. The van der Waals surface area contributed by atoms with E-state index in [0.29, 0.717) is 0 Å². The maximum absolute atomic E-state index is 5.96. The van der Waals surface area contributed by atoms with Crippen molar-refractivity contribution in [2.24, 2.45) is 4.99 Å². The first-order valence-corrected chi connectivity index (χ1v) is 8.55. The molecule has 0 aromatic heterocycles. The number of nitrogens with one attached hydrogen (secondary N) is 1. The Kier molecular flexibility index (Phi) is 5.54. The van der Waals surface area contributed by atoms with Gasteiger partial charge in [0.1, 0.15) is 0 Å². The van der Waals surface area contributed by atoms with Crippen molar-refractivity contribution in [2.45, 2.75) is 19.3 Å². The Balaban J connectivity index is 1.67. The minimum Gasteiger partial charge on any atom is -0.343 e. The lowest BCUT2D eigenvalue weighted by molar-refractivity contribution is 0.515. The standard InChI is InChI=1S/C19H22ClN3/c20-17-8-10-18(11-9-17)22-19(23-14-4-5-15-23)21-13-12-16-6-2-1-3-7-16/h1-3,6-11H,4-5,12-15H2,(H,21,22). The zero-order valence-electron chi connectivity index (χ0n) is 13.2. The Morgan fingerprint density at radius 2 is 1.70 bits per heavy atom. The van der Waals surface area contributed by atoms with Gasteiger partial charge in [0, 0.05) is 30.3 Å². The number of hydrogen-bond acceptors (Lipinski definition) is 1. The van der Waals surface area contributed by atoms with Crippen molar-refractivity contribution in [3.63, 3.8) is 0 Å². The van der Waals surface area contributed by atoms with Crippen molar-refractivity contribution in [1.29, 1.82) is 0 Å². The number of halogens is 1. The number of anilines is 1. The summed E-state index contributed by atoms with van der Waals surface area (Å²) in [6.07, 6.45) is 3.43. The van der Waals surface area contributed by atoms with Gasteiger partial charge in [0.2, 0.25) is 0 Å². The molecule has 3 nitrogen and oxygen atoms in total. The van der Waals surface area contributed by atoms with E-state index in [4.69, 9.17) is 16.6 Å². The molecule has 0 radical (unpaired) electrons. The van der Waals surface area contributed by atoms with Crippen molar-refractivity contribution in [1.82, 2.24) is 4.90 Å². The van der Waals surface area contributed by atoms with E-state index in [1.807, 2.05) is 30.3 Å². The molecule has 23 heavy (non-hydrogen) atoms. The third-order valence-electron chi connectivity index (χ3n) is 4.01. The van der Waals surface area contributed by atoms with E-state index >= 15 is 0 Å². The van der Waals surface area contributed by atoms with Gasteiger partial charge in [-0.05, 0) is 49.1 Å². The van der Waals surface area contributed by atoms with Crippen molar-refractivity contribution in [3.8, 4) is 0 Å². The van der Waals surface area contributed by atoms with Crippen LogP contribution >= 0.6 is 11.6 Å². The van der Waals surface area contributed by atoms with Crippen LogP contribution in [0.5, 0.6) is 0 Å². The maximum atomic E-state index is 5.96. The third kappa shape index (κ3) is 4.73. The van der Waals surface area contributed by atoms with E-state index in [2.05, 4.69) is 34.5 Å². The van der Waals surface area contributed by atoms with E-state index in [0.717, 1.165) is 42.7 Å².